The number of aromatic nitrogens is 4. The average Bonchev–Trinajstić information content (AvgIpc) is 2.95. The summed E-state index contributed by atoms with van der Waals surface area (Å²) in [4.78, 5) is 19.9. The van der Waals surface area contributed by atoms with Crippen LogP contribution in [0.5, 0.6) is 0 Å². The van der Waals surface area contributed by atoms with Crippen molar-refractivity contribution >= 4 is 5.97 Å². The van der Waals surface area contributed by atoms with Crippen molar-refractivity contribution in [2.75, 3.05) is 0 Å². The van der Waals surface area contributed by atoms with E-state index in [1.807, 2.05) is 35.9 Å². The molecule has 0 aliphatic carbocycles. The van der Waals surface area contributed by atoms with Gasteiger partial charge in [0.05, 0.1) is 5.56 Å². The first-order chi connectivity index (χ1) is 12.1. The summed E-state index contributed by atoms with van der Waals surface area (Å²) in [6.45, 7) is 4.87. The fourth-order valence-electron chi connectivity index (χ4n) is 2.82. The van der Waals surface area contributed by atoms with Crippen LogP contribution in [0.4, 0.5) is 0 Å². The zero-order chi connectivity index (χ0) is 17.8. The molecule has 0 aliphatic heterocycles. The Hall–Kier alpha value is -3.02. The summed E-state index contributed by atoms with van der Waals surface area (Å²) in [7, 11) is 0. The van der Waals surface area contributed by atoms with Gasteiger partial charge in [-0.05, 0) is 30.5 Å². The van der Waals surface area contributed by atoms with Gasteiger partial charge in [-0.15, -0.1) is 0 Å². The normalized spacial score (nSPS) is 10.8. The van der Waals surface area contributed by atoms with Gasteiger partial charge in [0, 0.05) is 30.9 Å². The number of carboxylic acids is 1. The first-order valence-electron chi connectivity index (χ1n) is 8.25. The van der Waals surface area contributed by atoms with Gasteiger partial charge in [-0.3, -0.25) is 4.98 Å². The fraction of sp³-hybridized carbons (Fsp3) is 0.263. The zero-order valence-electron chi connectivity index (χ0n) is 14.3. The Morgan fingerprint density at radius 3 is 2.64 bits per heavy atom. The Bertz CT molecular complexity index is 885. The van der Waals surface area contributed by atoms with E-state index in [9.17, 15) is 9.90 Å². The summed E-state index contributed by atoms with van der Waals surface area (Å²) >= 11 is 0. The molecule has 2 heterocycles. The lowest BCUT2D eigenvalue weighted by molar-refractivity contribution is 0.0697. The van der Waals surface area contributed by atoms with Crippen molar-refractivity contribution in [2.24, 2.45) is 0 Å². The van der Waals surface area contributed by atoms with E-state index in [1.165, 1.54) is 12.3 Å². The third-order valence-electron chi connectivity index (χ3n) is 3.97. The van der Waals surface area contributed by atoms with Gasteiger partial charge in [0.25, 0.3) is 0 Å². The molecular weight excluding hydrogens is 316 g/mol. The molecule has 0 atom stereocenters. The van der Waals surface area contributed by atoms with E-state index in [0.717, 1.165) is 35.7 Å². The van der Waals surface area contributed by atoms with Crippen molar-refractivity contribution in [3.05, 3.63) is 65.5 Å². The molecule has 1 N–H and O–H groups in total. The molecule has 0 unspecified atom stereocenters. The van der Waals surface area contributed by atoms with Gasteiger partial charge in [0.15, 0.2) is 0 Å². The van der Waals surface area contributed by atoms with E-state index in [-0.39, 0.29) is 5.56 Å². The van der Waals surface area contributed by atoms with Crippen LogP contribution in [0.15, 0.2) is 42.7 Å². The van der Waals surface area contributed by atoms with Gasteiger partial charge < -0.3 is 5.11 Å². The Labute approximate surface area is 146 Å². The average molecular weight is 336 g/mol. The molecule has 0 spiro atoms. The lowest BCUT2D eigenvalue weighted by Gasteiger charge is -2.08. The van der Waals surface area contributed by atoms with E-state index in [4.69, 9.17) is 0 Å². The van der Waals surface area contributed by atoms with E-state index in [0.29, 0.717) is 12.0 Å². The number of nitrogens with zero attached hydrogens (tertiary/aromatic N) is 4. The van der Waals surface area contributed by atoms with Crippen LogP contribution in [0, 0.1) is 6.92 Å². The van der Waals surface area contributed by atoms with Gasteiger partial charge >= 0.3 is 5.97 Å². The standard InChI is InChI=1S/C19H20N4O2/c1-3-10-23-18(21-13(2)22-23)11-14-4-6-15(7-5-14)17-12-20-9-8-16(17)19(24)25/h4-9,12H,3,10-11H2,1-2H3,(H,24,25). The van der Waals surface area contributed by atoms with Crippen molar-refractivity contribution < 1.29 is 9.90 Å². The molecule has 3 rings (SSSR count). The first-order valence-corrected chi connectivity index (χ1v) is 8.25. The summed E-state index contributed by atoms with van der Waals surface area (Å²) in [5, 5.41) is 13.7. The first kappa shape index (κ1) is 16.8. The molecule has 6 nitrogen and oxygen atoms in total. The highest BCUT2D eigenvalue weighted by Gasteiger charge is 2.12. The minimum Gasteiger partial charge on any atom is -0.478 e. The predicted molar refractivity (Wildman–Crippen MR) is 94.5 cm³/mol. The monoisotopic (exact) mass is 336 g/mol. The van der Waals surface area contributed by atoms with Crippen LogP contribution >= 0.6 is 0 Å². The second kappa shape index (κ2) is 7.25. The summed E-state index contributed by atoms with van der Waals surface area (Å²) in [5.74, 6) is 0.769. The van der Waals surface area contributed by atoms with Crippen LogP contribution in [0.1, 0.15) is 40.9 Å². The Morgan fingerprint density at radius 2 is 1.96 bits per heavy atom. The van der Waals surface area contributed by atoms with Gasteiger partial charge in [-0.1, -0.05) is 31.2 Å². The molecule has 0 aliphatic rings. The number of carboxylic acid groups (broad SMARTS) is 1. The molecule has 2 aromatic heterocycles. The maximum Gasteiger partial charge on any atom is 0.336 e. The van der Waals surface area contributed by atoms with Crippen LogP contribution in [-0.4, -0.2) is 30.8 Å². The van der Waals surface area contributed by atoms with Crippen LogP contribution < -0.4 is 0 Å². The molecule has 0 bridgehead atoms. The molecule has 25 heavy (non-hydrogen) atoms. The summed E-state index contributed by atoms with van der Waals surface area (Å²) in [6.07, 6.45) is 4.78. The quantitative estimate of drug-likeness (QED) is 0.746. The zero-order valence-corrected chi connectivity index (χ0v) is 14.3. The lowest BCUT2D eigenvalue weighted by atomic mass is 10.00. The number of hydrogen-bond acceptors (Lipinski definition) is 4. The van der Waals surface area contributed by atoms with Crippen LogP contribution in [0.3, 0.4) is 0 Å². The van der Waals surface area contributed by atoms with E-state index >= 15 is 0 Å². The number of aromatic carboxylic acids is 1. The summed E-state index contributed by atoms with van der Waals surface area (Å²) in [6, 6.07) is 9.35. The number of aryl methyl sites for hydroxylation is 2. The maximum atomic E-state index is 11.4. The number of pyridine rings is 1. The Kier molecular flexibility index (Phi) is 4.88. The predicted octanol–water partition coefficient (Wildman–Crippen LogP) is 3.35. The molecule has 3 aromatic rings. The van der Waals surface area contributed by atoms with Crippen LogP contribution in [-0.2, 0) is 13.0 Å². The molecular formula is C19H20N4O2. The van der Waals surface area contributed by atoms with E-state index in [1.54, 1.807) is 6.20 Å². The number of carbonyl (C=O) groups is 1. The molecule has 128 valence electrons. The molecule has 6 heteroatoms. The Balaban J connectivity index is 1.85. The maximum absolute atomic E-state index is 11.4. The van der Waals surface area contributed by atoms with Gasteiger partial charge in [-0.2, -0.15) is 5.10 Å². The highest BCUT2D eigenvalue weighted by Crippen LogP contribution is 2.23. The van der Waals surface area contributed by atoms with Crippen molar-refractivity contribution in [3.63, 3.8) is 0 Å². The topological polar surface area (TPSA) is 80.9 Å². The van der Waals surface area contributed by atoms with E-state index < -0.39 is 5.97 Å². The van der Waals surface area contributed by atoms with Gasteiger partial charge in [-0.25, -0.2) is 14.5 Å². The molecule has 0 radical (unpaired) electrons. The van der Waals surface area contributed by atoms with Gasteiger partial charge in [0.2, 0.25) is 0 Å². The highest BCUT2D eigenvalue weighted by molar-refractivity contribution is 5.95. The molecule has 0 saturated heterocycles. The highest BCUT2D eigenvalue weighted by atomic mass is 16.4. The summed E-state index contributed by atoms with van der Waals surface area (Å²) < 4.78 is 1.95. The number of rotatable bonds is 6. The molecule has 0 fully saturated rings. The summed E-state index contributed by atoms with van der Waals surface area (Å²) in [5.41, 5.74) is 2.81. The third-order valence-corrected chi connectivity index (χ3v) is 3.97. The van der Waals surface area contributed by atoms with Crippen molar-refractivity contribution in [1.29, 1.82) is 0 Å². The van der Waals surface area contributed by atoms with E-state index in [2.05, 4.69) is 22.0 Å². The number of hydrogen-bond donors (Lipinski definition) is 1. The van der Waals surface area contributed by atoms with Crippen molar-refractivity contribution in [3.8, 4) is 11.1 Å². The fourth-order valence-corrected chi connectivity index (χ4v) is 2.82. The van der Waals surface area contributed by atoms with Gasteiger partial charge in [0.1, 0.15) is 11.6 Å². The lowest BCUT2D eigenvalue weighted by Crippen LogP contribution is -2.06. The molecule has 0 saturated carbocycles. The minimum absolute atomic E-state index is 0.251. The van der Waals surface area contributed by atoms with Crippen LogP contribution in [0.2, 0.25) is 0 Å². The second-order valence-corrected chi connectivity index (χ2v) is 5.90. The molecule has 1 aromatic carbocycles. The minimum atomic E-state index is -0.954. The number of benzene rings is 1. The van der Waals surface area contributed by atoms with Crippen LogP contribution in [0.25, 0.3) is 11.1 Å². The molecule has 0 amide bonds. The Morgan fingerprint density at radius 1 is 1.20 bits per heavy atom. The van der Waals surface area contributed by atoms with Crippen molar-refractivity contribution in [1.82, 2.24) is 19.7 Å². The largest absolute Gasteiger partial charge is 0.478 e. The SMILES string of the molecule is CCCn1nc(C)nc1Cc1ccc(-c2cnccc2C(=O)O)cc1. The second-order valence-electron chi connectivity index (χ2n) is 5.90. The van der Waals surface area contributed by atoms with Crippen molar-refractivity contribution in [2.45, 2.75) is 33.2 Å². The smallest absolute Gasteiger partial charge is 0.336 e. The third kappa shape index (κ3) is 3.74.